The van der Waals surface area contributed by atoms with Gasteiger partial charge >= 0.3 is 12.2 Å². The Hall–Kier alpha value is -4.90. The summed E-state index contributed by atoms with van der Waals surface area (Å²) in [5, 5.41) is 6.07. The zero-order valence-corrected chi connectivity index (χ0v) is 26.6. The first-order valence-corrected chi connectivity index (χ1v) is 15.0. The Bertz CT molecular complexity index is 1690. The van der Waals surface area contributed by atoms with Gasteiger partial charge in [-0.2, -0.15) is 13.2 Å². The second-order valence-electron chi connectivity index (χ2n) is 11.1. The highest BCUT2D eigenvalue weighted by atomic mass is 19.4. The van der Waals surface area contributed by atoms with Gasteiger partial charge in [-0.15, -0.1) is 0 Å². The van der Waals surface area contributed by atoms with E-state index in [1.54, 1.807) is 30.1 Å². The van der Waals surface area contributed by atoms with E-state index in [9.17, 15) is 22.8 Å². The van der Waals surface area contributed by atoms with Crippen LogP contribution in [0.25, 0.3) is 0 Å². The molecule has 1 aliphatic rings. The zero-order chi connectivity index (χ0) is 33.6. The third-order valence-electron chi connectivity index (χ3n) is 7.81. The van der Waals surface area contributed by atoms with Gasteiger partial charge in [0.05, 0.1) is 17.8 Å². The van der Waals surface area contributed by atoms with Crippen molar-refractivity contribution in [2.45, 2.75) is 46.7 Å². The summed E-state index contributed by atoms with van der Waals surface area (Å²) in [5.41, 5.74) is 10.1. The van der Waals surface area contributed by atoms with E-state index in [1.165, 1.54) is 17.0 Å². The molecule has 3 aromatic rings. The molecule has 0 aromatic heterocycles. The Labute approximate surface area is 267 Å². The predicted molar refractivity (Wildman–Crippen MR) is 178 cm³/mol. The van der Waals surface area contributed by atoms with Crippen molar-refractivity contribution in [2.24, 2.45) is 10.7 Å². The van der Waals surface area contributed by atoms with Crippen LogP contribution < -0.4 is 21.3 Å². The summed E-state index contributed by atoms with van der Waals surface area (Å²) in [7, 11) is 1.66. The number of halogens is 3. The maximum atomic E-state index is 13.8. The molecule has 4 N–H and O–H groups in total. The van der Waals surface area contributed by atoms with Crippen LogP contribution in [0, 0.1) is 6.92 Å². The fraction of sp³-hybridized carbons (Fsp3) is 0.286. The average Bonchev–Trinajstić information content (AvgIpc) is 3.04. The topological polar surface area (TPSA) is 103 Å². The van der Waals surface area contributed by atoms with Crippen LogP contribution in [0.5, 0.6) is 0 Å². The minimum atomic E-state index is -4.57. The first-order valence-electron chi connectivity index (χ1n) is 15.0. The summed E-state index contributed by atoms with van der Waals surface area (Å²) in [4.78, 5) is 34.7. The fourth-order valence-corrected chi connectivity index (χ4v) is 4.93. The third kappa shape index (κ3) is 7.84. The van der Waals surface area contributed by atoms with Crippen LogP contribution >= 0.6 is 0 Å². The standard InChI is InChI=1S/C35H39F3N6O2/c1-6-22(3)31(40-28-15-12-24(13-16-28)17-18-39)42-32-25(7-2)21-44(34(46)43(32)5)30-20-29(14-11-23(30)4)41-33(45)26-9-8-10-27(19-26)35(36,37)38/h7-16,19-20,40H,6,17-18,21,39H2,1-5H3,(H,41,45)/b25-7-,31-22?,42-32+. The number of amidine groups is 1. The maximum Gasteiger partial charge on any atom is 0.416 e. The van der Waals surface area contributed by atoms with Crippen LogP contribution in [-0.2, 0) is 12.6 Å². The highest BCUT2D eigenvalue weighted by Crippen LogP contribution is 2.32. The first kappa shape index (κ1) is 34.0. The number of aliphatic imine (C=N–C) groups is 1. The normalized spacial score (nSPS) is 16.2. The Morgan fingerprint density at radius 1 is 1.04 bits per heavy atom. The molecule has 0 atom stereocenters. The minimum absolute atomic E-state index is 0.130. The number of alkyl halides is 3. The zero-order valence-electron chi connectivity index (χ0n) is 26.6. The van der Waals surface area contributed by atoms with Crippen LogP contribution in [0.4, 0.5) is 35.0 Å². The number of carbonyl (C=O) groups excluding carboxylic acids is 2. The van der Waals surface area contributed by atoms with Gasteiger partial charge in [-0.3, -0.25) is 14.6 Å². The van der Waals surface area contributed by atoms with E-state index < -0.39 is 17.6 Å². The summed E-state index contributed by atoms with van der Waals surface area (Å²) in [6.45, 7) is 8.54. The van der Waals surface area contributed by atoms with E-state index in [2.05, 4.69) is 10.6 Å². The number of hydrogen-bond donors (Lipinski definition) is 3. The third-order valence-corrected chi connectivity index (χ3v) is 7.81. The lowest BCUT2D eigenvalue weighted by atomic mass is 10.1. The average molecular weight is 633 g/mol. The molecule has 0 aliphatic carbocycles. The minimum Gasteiger partial charge on any atom is -0.340 e. The molecule has 1 saturated heterocycles. The molecule has 46 heavy (non-hydrogen) atoms. The Morgan fingerprint density at radius 3 is 2.37 bits per heavy atom. The van der Waals surface area contributed by atoms with Crippen LogP contribution in [0.2, 0.25) is 0 Å². The second-order valence-corrected chi connectivity index (χ2v) is 11.1. The number of nitrogens with one attached hydrogen (secondary N) is 2. The maximum absolute atomic E-state index is 13.8. The van der Waals surface area contributed by atoms with Crippen molar-refractivity contribution in [3.63, 3.8) is 0 Å². The van der Waals surface area contributed by atoms with Gasteiger partial charge in [0.2, 0.25) is 0 Å². The first-order chi connectivity index (χ1) is 21.9. The van der Waals surface area contributed by atoms with E-state index in [1.807, 2.05) is 58.0 Å². The molecule has 3 amide bonds. The molecule has 1 aliphatic heterocycles. The van der Waals surface area contributed by atoms with E-state index in [4.69, 9.17) is 10.7 Å². The molecule has 4 rings (SSSR count). The highest BCUT2D eigenvalue weighted by Gasteiger charge is 2.34. The van der Waals surface area contributed by atoms with Gasteiger partial charge < -0.3 is 16.4 Å². The van der Waals surface area contributed by atoms with Crippen molar-refractivity contribution in [1.29, 1.82) is 0 Å². The Kier molecular flexibility index (Phi) is 10.7. The molecule has 0 spiro atoms. The number of nitrogens with zero attached hydrogens (tertiary/aromatic N) is 3. The summed E-state index contributed by atoms with van der Waals surface area (Å²) < 4.78 is 39.6. The number of anilines is 3. The molecule has 0 radical (unpaired) electrons. The van der Waals surface area contributed by atoms with Gasteiger partial charge in [0.1, 0.15) is 11.7 Å². The Morgan fingerprint density at radius 2 is 1.74 bits per heavy atom. The summed E-state index contributed by atoms with van der Waals surface area (Å²) in [5.74, 6) is 0.455. The van der Waals surface area contributed by atoms with Crippen molar-refractivity contribution in [2.75, 3.05) is 35.7 Å². The van der Waals surface area contributed by atoms with Crippen molar-refractivity contribution in [3.05, 3.63) is 112 Å². The molecule has 3 aromatic carbocycles. The number of hydrogen-bond acceptors (Lipinski definition) is 5. The number of nitrogens with two attached hydrogens (primary N) is 1. The monoisotopic (exact) mass is 632 g/mol. The van der Waals surface area contributed by atoms with Crippen molar-refractivity contribution >= 4 is 34.8 Å². The van der Waals surface area contributed by atoms with Crippen molar-refractivity contribution in [3.8, 4) is 0 Å². The number of rotatable bonds is 9. The fourth-order valence-electron chi connectivity index (χ4n) is 4.93. The van der Waals surface area contributed by atoms with Gasteiger partial charge in [-0.1, -0.05) is 37.3 Å². The molecule has 1 heterocycles. The number of amides is 3. The van der Waals surface area contributed by atoms with Crippen LogP contribution in [0.1, 0.15) is 54.2 Å². The van der Waals surface area contributed by atoms with E-state index >= 15 is 0 Å². The van der Waals surface area contributed by atoms with Crippen LogP contribution in [-0.4, -0.2) is 42.8 Å². The van der Waals surface area contributed by atoms with Gasteiger partial charge in [-0.25, -0.2) is 9.79 Å². The number of carbonyl (C=O) groups is 2. The van der Waals surface area contributed by atoms with E-state index in [0.717, 1.165) is 52.9 Å². The molecule has 0 bridgehead atoms. The SMILES string of the molecule is C/C=C1/CN(c2cc(NC(=O)c3cccc(C(F)(F)F)c3)ccc2C)C(=O)N(C)/C1=N/C(Nc1ccc(CCN)cc1)=C(C)CC. The molecule has 0 saturated carbocycles. The lowest BCUT2D eigenvalue weighted by molar-refractivity contribution is -0.137. The van der Waals surface area contributed by atoms with Gasteiger partial charge in [0.15, 0.2) is 0 Å². The molecule has 0 unspecified atom stereocenters. The lowest BCUT2D eigenvalue weighted by Crippen LogP contribution is -2.52. The number of urea groups is 1. The van der Waals surface area contributed by atoms with E-state index in [0.29, 0.717) is 29.6 Å². The predicted octanol–water partition coefficient (Wildman–Crippen LogP) is 7.74. The smallest absolute Gasteiger partial charge is 0.340 e. The highest BCUT2D eigenvalue weighted by molar-refractivity contribution is 6.16. The summed E-state index contributed by atoms with van der Waals surface area (Å²) in [6, 6.07) is 16.9. The molecule has 1 fully saturated rings. The Balaban J connectivity index is 1.60. The molecule has 11 heteroatoms. The van der Waals surface area contributed by atoms with Gasteiger partial charge in [0, 0.05) is 29.6 Å². The molecule has 242 valence electrons. The number of likely N-dealkylation sites (N-methyl/N-ethyl adjacent to an activating group) is 1. The largest absolute Gasteiger partial charge is 0.416 e. The van der Waals surface area contributed by atoms with E-state index in [-0.39, 0.29) is 18.1 Å². The van der Waals surface area contributed by atoms with Crippen LogP contribution in [0.3, 0.4) is 0 Å². The summed E-state index contributed by atoms with van der Waals surface area (Å²) in [6.07, 6.45) is -1.13. The number of aryl methyl sites for hydroxylation is 1. The second kappa shape index (κ2) is 14.5. The quantitative estimate of drug-likeness (QED) is 0.225. The van der Waals surface area contributed by atoms with Crippen molar-refractivity contribution in [1.82, 2.24) is 4.90 Å². The molecule has 8 nitrogen and oxygen atoms in total. The molecular weight excluding hydrogens is 593 g/mol. The summed E-state index contributed by atoms with van der Waals surface area (Å²) >= 11 is 0. The van der Waals surface area contributed by atoms with Crippen LogP contribution in [0.15, 0.2) is 94.8 Å². The van der Waals surface area contributed by atoms with Gasteiger partial charge in [-0.05, 0) is 99.3 Å². The lowest BCUT2D eigenvalue weighted by Gasteiger charge is -2.37. The van der Waals surface area contributed by atoms with Crippen molar-refractivity contribution < 1.29 is 22.8 Å². The number of benzene rings is 3. The molecular formula is C35H39F3N6O2. The van der Waals surface area contributed by atoms with Gasteiger partial charge in [0.25, 0.3) is 5.91 Å². The number of allylic oxidation sites excluding steroid dienone is 2.